The van der Waals surface area contributed by atoms with Gasteiger partial charge in [-0.1, -0.05) is 162 Å². The summed E-state index contributed by atoms with van der Waals surface area (Å²) in [5.41, 5.74) is 15.4. The molecule has 66 heavy (non-hydrogen) atoms. The van der Waals surface area contributed by atoms with Gasteiger partial charge in [0.2, 0.25) is 0 Å². The smallest absolute Gasteiger partial charge is 0.148 e. The molecule has 10 rings (SSSR count). The number of imidazole rings is 1. The van der Waals surface area contributed by atoms with E-state index in [4.69, 9.17) is 9.97 Å². The summed E-state index contributed by atoms with van der Waals surface area (Å²) in [6, 6.07) is 69.3. The van der Waals surface area contributed by atoms with Crippen molar-refractivity contribution in [1.82, 2.24) is 14.5 Å². The number of para-hydroxylation sites is 3. The van der Waals surface area contributed by atoms with E-state index in [0.29, 0.717) is 11.4 Å². The summed E-state index contributed by atoms with van der Waals surface area (Å²) in [6.45, 7) is 13.3. The number of phenols is 1. The molecule has 2 heterocycles. The fraction of sp³-hybridized carbons (Fsp3) is 0.133. The molecule has 0 aliphatic carbocycles. The Morgan fingerprint density at radius 1 is 0.500 bits per heavy atom. The van der Waals surface area contributed by atoms with Crippen molar-refractivity contribution in [3.63, 3.8) is 0 Å². The van der Waals surface area contributed by atoms with E-state index in [1.165, 1.54) is 5.56 Å². The summed E-state index contributed by atoms with van der Waals surface area (Å²) < 4.78 is 2.22. The van der Waals surface area contributed by atoms with E-state index in [0.717, 1.165) is 83.6 Å². The standard InChI is InChI=1S/C60H51N4O.Pt/c1-59(2,3)43-28-31-47(32-29-43)64-54-39-48(63(45-22-12-8-13-23-45)46-24-14-9-15-25-46)38-52(57(54)62-58(64)53-37-44(60(4,5)6)30-33-55(53)65)42-21-16-20-41(36-42)50-26-17-27-51-49(34-35-61-56(50)51)40-18-10-7-11-19-40;/h7-35,37-39,65H,1-6H3;/q-1;. The zero-order valence-corrected chi connectivity index (χ0v) is 40.3. The van der Waals surface area contributed by atoms with Gasteiger partial charge in [0.05, 0.1) is 16.6 Å². The van der Waals surface area contributed by atoms with Crippen molar-refractivity contribution in [2.24, 2.45) is 0 Å². The van der Waals surface area contributed by atoms with Crippen LogP contribution in [0.4, 0.5) is 17.1 Å². The van der Waals surface area contributed by atoms with Gasteiger partial charge in [0.1, 0.15) is 11.6 Å². The number of hydrogen-bond acceptors (Lipinski definition) is 4. The Morgan fingerprint density at radius 3 is 1.73 bits per heavy atom. The number of nitrogens with zero attached hydrogens (tertiary/aromatic N) is 4. The zero-order chi connectivity index (χ0) is 44.9. The minimum atomic E-state index is -0.161. The third-order valence-electron chi connectivity index (χ3n) is 12.4. The van der Waals surface area contributed by atoms with Gasteiger partial charge in [-0.3, -0.25) is 9.55 Å². The molecule has 10 aromatic rings. The van der Waals surface area contributed by atoms with E-state index >= 15 is 0 Å². The summed E-state index contributed by atoms with van der Waals surface area (Å²) in [7, 11) is 0. The van der Waals surface area contributed by atoms with Crippen LogP contribution in [0.25, 0.3) is 72.4 Å². The van der Waals surface area contributed by atoms with E-state index in [9.17, 15) is 5.11 Å². The second-order valence-electron chi connectivity index (χ2n) is 18.8. The van der Waals surface area contributed by atoms with Crippen molar-refractivity contribution in [2.75, 3.05) is 4.90 Å². The molecule has 0 amide bonds. The summed E-state index contributed by atoms with van der Waals surface area (Å²) in [5.74, 6) is 0.823. The van der Waals surface area contributed by atoms with Crippen LogP contribution in [0.2, 0.25) is 0 Å². The Morgan fingerprint density at radius 2 is 1.09 bits per heavy atom. The van der Waals surface area contributed by atoms with Crippen molar-refractivity contribution < 1.29 is 26.2 Å². The molecule has 0 bridgehead atoms. The predicted octanol–water partition coefficient (Wildman–Crippen LogP) is 15.8. The number of benzene rings is 8. The normalized spacial score (nSPS) is 11.7. The zero-order valence-electron chi connectivity index (χ0n) is 38.0. The molecule has 0 radical (unpaired) electrons. The van der Waals surface area contributed by atoms with Crippen molar-refractivity contribution in [3.8, 4) is 56.2 Å². The van der Waals surface area contributed by atoms with Crippen molar-refractivity contribution in [3.05, 3.63) is 211 Å². The number of aromatic hydroxyl groups is 1. The molecule has 0 saturated carbocycles. The van der Waals surface area contributed by atoms with Crippen LogP contribution >= 0.6 is 0 Å². The fourth-order valence-corrected chi connectivity index (χ4v) is 8.88. The largest absolute Gasteiger partial charge is 0.507 e. The van der Waals surface area contributed by atoms with Gasteiger partial charge in [-0.2, -0.15) is 0 Å². The molecule has 0 unspecified atom stereocenters. The van der Waals surface area contributed by atoms with Gasteiger partial charge in [0.15, 0.2) is 0 Å². The monoisotopic (exact) mass is 1040 g/mol. The number of rotatable bonds is 8. The predicted molar refractivity (Wildman–Crippen MR) is 271 cm³/mol. The molecule has 8 aromatic carbocycles. The number of hydrogen-bond donors (Lipinski definition) is 1. The molecule has 1 N–H and O–H groups in total. The maximum Gasteiger partial charge on any atom is 0.148 e. The first kappa shape index (κ1) is 44.1. The van der Waals surface area contributed by atoms with Gasteiger partial charge >= 0.3 is 0 Å². The van der Waals surface area contributed by atoms with Crippen LogP contribution in [0.15, 0.2) is 194 Å². The fourth-order valence-electron chi connectivity index (χ4n) is 8.88. The minimum Gasteiger partial charge on any atom is -0.507 e. The van der Waals surface area contributed by atoms with Crippen molar-refractivity contribution in [2.45, 2.75) is 52.4 Å². The quantitative estimate of drug-likeness (QED) is 0.154. The van der Waals surface area contributed by atoms with E-state index in [-0.39, 0.29) is 37.6 Å². The first-order chi connectivity index (χ1) is 31.4. The average Bonchev–Trinajstić information content (AvgIpc) is 3.71. The first-order valence-corrected chi connectivity index (χ1v) is 22.3. The molecule has 6 heteroatoms. The summed E-state index contributed by atoms with van der Waals surface area (Å²) in [4.78, 5) is 12.9. The van der Waals surface area contributed by atoms with Gasteiger partial charge < -0.3 is 10.0 Å². The van der Waals surface area contributed by atoms with Crippen LogP contribution in [0, 0.1) is 6.07 Å². The van der Waals surface area contributed by atoms with Crippen LogP contribution in [0.5, 0.6) is 5.75 Å². The second-order valence-corrected chi connectivity index (χ2v) is 18.8. The Labute approximate surface area is 402 Å². The van der Waals surface area contributed by atoms with Gasteiger partial charge in [-0.25, -0.2) is 4.98 Å². The number of pyridine rings is 1. The van der Waals surface area contributed by atoms with Crippen molar-refractivity contribution in [1.29, 1.82) is 0 Å². The van der Waals surface area contributed by atoms with E-state index < -0.39 is 0 Å². The summed E-state index contributed by atoms with van der Waals surface area (Å²) in [6.07, 6.45) is 1.90. The molecule has 0 aliphatic rings. The third kappa shape index (κ3) is 8.36. The Balaban J connectivity index is 0.00000548. The van der Waals surface area contributed by atoms with Crippen LogP contribution in [0.3, 0.4) is 0 Å². The molecule has 328 valence electrons. The van der Waals surface area contributed by atoms with Crippen LogP contribution in [-0.2, 0) is 31.9 Å². The van der Waals surface area contributed by atoms with E-state index in [2.05, 4.69) is 215 Å². The second kappa shape index (κ2) is 17.7. The molecular formula is C60H51N4OPt-. The molecule has 0 spiro atoms. The van der Waals surface area contributed by atoms with Gasteiger partial charge in [0.25, 0.3) is 0 Å². The van der Waals surface area contributed by atoms with Gasteiger partial charge in [-0.15, -0.1) is 35.4 Å². The molecule has 2 aromatic heterocycles. The number of phenolic OH excluding ortho intramolecular Hbond substituents is 1. The van der Waals surface area contributed by atoms with Crippen molar-refractivity contribution >= 4 is 39.0 Å². The molecule has 5 nitrogen and oxygen atoms in total. The number of aromatic nitrogens is 3. The molecule has 0 saturated heterocycles. The maximum absolute atomic E-state index is 11.8. The topological polar surface area (TPSA) is 54.2 Å². The van der Waals surface area contributed by atoms with Crippen LogP contribution < -0.4 is 4.90 Å². The van der Waals surface area contributed by atoms with Gasteiger partial charge in [-0.05, 0) is 93.7 Å². The SMILES string of the molecule is CC(C)(C)c1ccc(-n2c(-c3cc(C(C)(C)C)ccc3O)nc3c(-c4[c-]c(-c5cccc6c(-c7ccccc7)ccnc56)ccc4)cc(N(c4ccccc4)c4ccccc4)cc32)cc1.[Pt]. The third-order valence-corrected chi connectivity index (χ3v) is 12.4. The Kier molecular flexibility index (Phi) is 11.9. The van der Waals surface area contributed by atoms with E-state index in [1.54, 1.807) is 6.07 Å². The molecule has 0 fully saturated rings. The summed E-state index contributed by atoms with van der Waals surface area (Å²) >= 11 is 0. The maximum atomic E-state index is 11.8. The minimum absolute atomic E-state index is 0. The van der Waals surface area contributed by atoms with Gasteiger partial charge in [0, 0.05) is 60.9 Å². The first-order valence-electron chi connectivity index (χ1n) is 22.3. The number of anilines is 3. The van der Waals surface area contributed by atoms with Crippen LogP contribution in [-0.4, -0.2) is 19.6 Å². The molecular weight excluding hydrogens is 988 g/mol. The molecule has 0 aliphatic heterocycles. The average molecular weight is 1040 g/mol. The summed E-state index contributed by atoms with van der Waals surface area (Å²) in [5, 5.41) is 12.9. The molecule has 0 atom stereocenters. The number of fused-ring (bicyclic) bond motifs is 2. The Bertz CT molecular complexity index is 3290. The Hall–Kier alpha value is -7.07. The van der Waals surface area contributed by atoms with E-state index in [1.807, 2.05) is 30.5 Å². The van der Waals surface area contributed by atoms with Crippen LogP contribution in [0.1, 0.15) is 52.7 Å².